The monoisotopic (exact) mass is 200 g/mol. The molecule has 3 heteroatoms. The number of carbonyl (C=O) groups excluding carboxylic acids is 1. The van der Waals surface area contributed by atoms with Crippen LogP contribution in [0.15, 0.2) is 0 Å². The van der Waals surface area contributed by atoms with Gasteiger partial charge in [-0.15, -0.1) is 0 Å². The van der Waals surface area contributed by atoms with Crippen LogP contribution in [0.4, 0.5) is 0 Å². The SMILES string of the molecule is CCOC(=O)COC1CCC(C)CC1. The summed E-state index contributed by atoms with van der Waals surface area (Å²) in [5.74, 6) is 0.573. The van der Waals surface area contributed by atoms with Crippen LogP contribution in [0.2, 0.25) is 0 Å². The molecule has 14 heavy (non-hydrogen) atoms. The van der Waals surface area contributed by atoms with Crippen LogP contribution in [0.25, 0.3) is 0 Å². The van der Waals surface area contributed by atoms with Gasteiger partial charge in [-0.1, -0.05) is 6.92 Å². The Kier molecular flexibility index (Phi) is 4.94. The first-order valence-corrected chi connectivity index (χ1v) is 5.49. The molecule has 1 aliphatic rings. The lowest BCUT2D eigenvalue weighted by molar-refractivity contribution is -0.151. The fourth-order valence-corrected chi connectivity index (χ4v) is 1.78. The van der Waals surface area contributed by atoms with Crippen molar-refractivity contribution in [1.82, 2.24) is 0 Å². The van der Waals surface area contributed by atoms with E-state index >= 15 is 0 Å². The van der Waals surface area contributed by atoms with Crippen molar-refractivity contribution in [3.8, 4) is 0 Å². The molecule has 0 radical (unpaired) electrons. The Morgan fingerprint density at radius 3 is 2.50 bits per heavy atom. The first-order valence-electron chi connectivity index (χ1n) is 5.49. The molecular weight excluding hydrogens is 180 g/mol. The summed E-state index contributed by atoms with van der Waals surface area (Å²) in [6.07, 6.45) is 4.87. The van der Waals surface area contributed by atoms with Crippen LogP contribution in [-0.4, -0.2) is 25.3 Å². The van der Waals surface area contributed by atoms with Crippen LogP contribution in [0, 0.1) is 5.92 Å². The summed E-state index contributed by atoms with van der Waals surface area (Å²) in [5, 5.41) is 0. The number of hydrogen-bond donors (Lipinski definition) is 0. The molecule has 0 unspecified atom stereocenters. The minimum atomic E-state index is -0.244. The third-order valence-electron chi connectivity index (χ3n) is 2.71. The smallest absolute Gasteiger partial charge is 0.332 e. The van der Waals surface area contributed by atoms with E-state index in [1.165, 1.54) is 12.8 Å². The van der Waals surface area contributed by atoms with Gasteiger partial charge in [0.05, 0.1) is 12.7 Å². The molecule has 1 rings (SSSR count). The van der Waals surface area contributed by atoms with Crippen molar-refractivity contribution in [2.24, 2.45) is 5.92 Å². The molecule has 82 valence electrons. The molecule has 0 aromatic rings. The van der Waals surface area contributed by atoms with Crippen LogP contribution in [-0.2, 0) is 14.3 Å². The normalized spacial score (nSPS) is 27.3. The van der Waals surface area contributed by atoms with E-state index in [9.17, 15) is 4.79 Å². The van der Waals surface area contributed by atoms with Gasteiger partial charge in [0.2, 0.25) is 0 Å². The van der Waals surface area contributed by atoms with Crippen LogP contribution in [0.5, 0.6) is 0 Å². The van der Waals surface area contributed by atoms with Crippen molar-refractivity contribution in [3.05, 3.63) is 0 Å². The van der Waals surface area contributed by atoms with Crippen molar-refractivity contribution >= 4 is 5.97 Å². The average Bonchev–Trinajstić information content (AvgIpc) is 2.17. The van der Waals surface area contributed by atoms with Crippen molar-refractivity contribution in [2.75, 3.05) is 13.2 Å². The molecule has 0 saturated heterocycles. The number of rotatable bonds is 4. The summed E-state index contributed by atoms with van der Waals surface area (Å²) in [7, 11) is 0. The summed E-state index contributed by atoms with van der Waals surface area (Å²) in [5.41, 5.74) is 0. The van der Waals surface area contributed by atoms with E-state index in [1.54, 1.807) is 6.92 Å². The lowest BCUT2D eigenvalue weighted by Crippen LogP contribution is -2.24. The fraction of sp³-hybridized carbons (Fsp3) is 0.909. The first-order chi connectivity index (χ1) is 6.72. The second kappa shape index (κ2) is 6.02. The van der Waals surface area contributed by atoms with E-state index in [4.69, 9.17) is 9.47 Å². The van der Waals surface area contributed by atoms with E-state index in [0.29, 0.717) is 6.61 Å². The fourth-order valence-electron chi connectivity index (χ4n) is 1.78. The van der Waals surface area contributed by atoms with E-state index in [1.807, 2.05) is 0 Å². The molecule has 0 aliphatic heterocycles. The Morgan fingerprint density at radius 2 is 1.93 bits per heavy atom. The number of hydrogen-bond acceptors (Lipinski definition) is 3. The molecule has 1 saturated carbocycles. The summed E-state index contributed by atoms with van der Waals surface area (Å²) in [4.78, 5) is 11.0. The van der Waals surface area contributed by atoms with Gasteiger partial charge in [-0.25, -0.2) is 4.79 Å². The minimum Gasteiger partial charge on any atom is -0.464 e. The lowest BCUT2D eigenvalue weighted by atomic mass is 9.89. The maximum atomic E-state index is 11.0. The Balaban J connectivity index is 2.09. The molecular formula is C11H20O3. The largest absolute Gasteiger partial charge is 0.464 e. The summed E-state index contributed by atoms with van der Waals surface area (Å²) in [6, 6.07) is 0. The van der Waals surface area contributed by atoms with Crippen LogP contribution in [0.3, 0.4) is 0 Å². The Bertz CT molecular complexity index is 171. The molecule has 0 aromatic heterocycles. The highest BCUT2D eigenvalue weighted by Gasteiger charge is 2.19. The molecule has 0 atom stereocenters. The predicted octanol–water partition coefficient (Wildman–Crippen LogP) is 2.14. The van der Waals surface area contributed by atoms with E-state index in [-0.39, 0.29) is 18.7 Å². The highest BCUT2D eigenvalue weighted by molar-refractivity contribution is 5.70. The Morgan fingerprint density at radius 1 is 1.29 bits per heavy atom. The molecule has 0 heterocycles. The van der Waals surface area contributed by atoms with Gasteiger partial charge in [-0.2, -0.15) is 0 Å². The maximum Gasteiger partial charge on any atom is 0.332 e. The number of carbonyl (C=O) groups is 1. The van der Waals surface area contributed by atoms with Crippen LogP contribution < -0.4 is 0 Å². The zero-order valence-electron chi connectivity index (χ0n) is 9.12. The van der Waals surface area contributed by atoms with Gasteiger partial charge in [0, 0.05) is 0 Å². The Hall–Kier alpha value is -0.570. The summed E-state index contributed by atoms with van der Waals surface area (Å²) in [6.45, 7) is 4.62. The van der Waals surface area contributed by atoms with Gasteiger partial charge in [0.15, 0.2) is 0 Å². The lowest BCUT2D eigenvalue weighted by Gasteiger charge is -2.25. The van der Waals surface area contributed by atoms with Gasteiger partial charge >= 0.3 is 5.97 Å². The maximum absolute atomic E-state index is 11.0. The van der Waals surface area contributed by atoms with Crippen LogP contribution >= 0.6 is 0 Å². The number of esters is 1. The van der Waals surface area contributed by atoms with E-state index in [2.05, 4.69) is 6.92 Å². The second-order valence-corrected chi connectivity index (χ2v) is 4.00. The predicted molar refractivity (Wildman–Crippen MR) is 54.0 cm³/mol. The quantitative estimate of drug-likeness (QED) is 0.652. The van der Waals surface area contributed by atoms with Crippen molar-refractivity contribution in [3.63, 3.8) is 0 Å². The van der Waals surface area contributed by atoms with Crippen molar-refractivity contribution in [2.45, 2.75) is 45.6 Å². The van der Waals surface area contributed by atoms with E-state index in [0.717, 1.165) is 18.8 Å². The van der Waals surface area contributed by atoms with Gasteiger partial charge in [0.25, 0.3) is 0 Å². The third kappa shape index (κ3) is 4.09. The highest BCUT2D eigenvalue weighted by Crippen LogP contribution is 2.25. The van der Waals surface area contributed by atoms with Crippen LogP contribution in [0.1, 0.15) is 39.5 Å². The Labute approximate surface area is 85.8 Å². The topological polar surface area (TPSA) is 35.5 Å². The average molecular weight is 200 g/mol. The summed E-state index contributed by atoms with van der Waals surface area (Å²) >= 11 is 0. The first kappa shape index (κ1) is 11.5. The molecule has 0 spiro atoms. The zero-order chi connectivity index (χ0) is 10.4. The minimum absolute atomic E-state index is 0.118. The van der Waals surface area contributed by atoms with Gasteiger partial charge in [0.1, 0.15) is 6.61 Å². The van der Waals surface area contributed by atoms with Crippen molar-refractivity contribution < 1.29 is 14.3 Å². The third-order valence-corrected chi connectivity index (χ3v) is 2.71. The molecule has 0 aromatic carbocycles. The molecule has 1 fully saturated rings. The van der Waals surface area contributed by atoms with E-state index < -0.39 is 0 Å². The van der Waals surface area contributed by atoms with Crippen molar-refractivity contribution in [1.29, 1.82) is 0 Å². The van der Waals surface area contributed by atoms with Gasteiger partial charge in [-0.3, -0.25) is 0 Å². The molecule has 0 bridgehead atoms. The number of ether oxygens (including phenoxy) is 2. The van der Waals surface area contributed by atoms with Gasteiger partial charge < -0.3 is 9.47 Å². The zero-order valence-corrected chi connectivity index (χ0v) is 9.12. The molecule has 1 aliphatic carbocycles. The molecule has 3 nitrogen and oxygen atoms in total. The molecule has 0 N–H and O–H groups in total. The highest BCUT2D eigenvalue weighted by atomic mass is 16.6. The standard InChI is InChI=1S/C11H20O3/c1-3-13-11(12)8-14-10-6-4-9(2)5-7-10/h9-10H,3-8H2,1-2H3. The summed E-state index contributed by atoms with van der Waals surface area (Å²) < 4.78 is 10.3. The second-order valence-electron chi connectivity index (χ2n) is 4.00. The van der Waals surface area contributed by atoms with Gasteiger partial charge in [-0.05, 0) is 38.5 Å². The molecule has 0 amide bonds.